The summed E-state index contributed by atoms with van der Waals surface area (Å²) in [5, 5.41) is 5.09. The number of nitrogens with two attached hydrogens (primary N) is 1. The molecule has 0 amide bonds. The Labute approximate surface area is 130 Å². The first-order valence-corrected chi connectivity index (χ1v) is 7.50. The first kappa shape index (κ1) is 15.9. The van der Waals surface area contributed by atoms with Gasteiger partial charge in [-0.2, -0.15) is 5.10 Å². The van der Waals surface area contributed by atoms with E-state index in [9.17, 15) is 0 Å². The van der Waals surface area contributed by atoms with Crippen molar-refractivity contribution >= 4 is 11.6 Å². The highest BCUT2D eigenvalue weighted by Gasteiger charge is 2.14. The molecule has 2 rings (SSSR count). The van der Waals surface area contributed by atoms with E-state index in [1.54, 1.807) is 0 Å². The van der Waals surface area contributed by atoms with Crippen LogP contribution in [0.25, 0.3) is 0 Å². The Morgan fingerprint density at radius 1 is 1.24 bits per heavy atom. The fourth-order valence-corrected chi connectivity index (χ4v) is 2.72. The number of benzene rings is 1. The number of aryl methyl sites for hydroxylation is 4. The quantitative estimate of drug-likeness (QED) is 0.919. The summed E-state index contributed by atoms with van der Waals surface area (Å²) in [7, 11) is 0. The standard InChI is InChI=1S/C16H22ClN3O/c1-5-20-14(15(17)12(4)19-20)9-21-16-10(2)6-13(8-18)7-11(16)3/h6-7H,5,8-9,18H2,1-4H3. The third-order valence-electron chi connectivity index (χ3n) is 3.56. The van der Waals surface area contributed by atoms with Crippen LogP contribution in [-0.2, 0) is 19.7 Å². The van der Waals surface area contributed by atoms with Crippen LogP contribution in [-0.4, -0.2) is 9.78 Å². The molecule has 4 nitrogen and oxygen atoms in total. The lowest BCUT2D eigenvalue weighted by molar-refractivity contribution is 0.288. The molecule has 21 heavy (non-hydrogen) atoms. The van der Waals surface area contributed by atoms with Crippen LogP contribution in [0.1, 0.15) is 35.0 Å². The van der Waals surface area contributed by atoms with Gasteiger partial charge in [0.1, 0.15) is 12.4 Å². The Hall–Kier alpha value is -1.52. The van der Waals surface area contributed by atoms with Gasteiger partial charge in [0.05, 0.1) is 16.4 Å². The molecule has 114 valence electrons. The molecule has 0 spiro atoms. The monoisotopic (exact) mass is 307 g/mol. The summed E-state index contributed by atoms with van der Waals surface area (Å²) in [6.45, 7) is 9.74. The zero-order valence-electron chi connectivity index (χ0n) is 13.0. The van der Waals surface area contributed by atoms with Crippen molar-refractivity contribution in [2.75, 3.05) is 0 Å². The minimum absolute atomic E-state index is 0.414. The van der Waals surface area contributed by atoms with Crippen LogP contribution in [0, 0.1) is 20.8 Å². The molecule has 2 aromatic rings. The van der Waals surface area contributed by atoms with Crippen LogP contribution in [0.4, 0.5) is 0 Å². The van der Waals surface area contributed by atoms with Crippen molar-refractivity contribution in [1.29, 1.82) is 0 Å². The first-order valence-electron chi connectivity index (χ1n) is 7.12. The molecule has 1 aromatic carbocycles. The average molecular weight is 308 g/mol. The fourth-order valence-electron chi connectivity index (χ4n) is 2.53. The van der Waals surface area contributed by atoms with Crippen LogP contribution in [0.2, 0.25) is 5.02 Å². The van der Waals surface area contributed by atoms with Gasteiger partial charge in [-0.15, -0.1) is 0 Å². The van der Waals surface area contributed by atoms with Gasteiger partial charge >= 0.3 is 0 Å². The zero-order valence-corrected chi connectivity index (χ0v) is 13.8. The van der Waals surface area contributed by atoms with Crippen molar-refractivity contribution in [3.05, 3.63) is 45.2 Å². The second kappa shape index (κ2) is 6.50. The predicted octanol–water partition coefficient (Wildman–Crippen LogP) is 3.52. The van der Waals surface area contributed by atoms with E-state index >= 15 is 0 Å². The van der Waals surface area contributed by atoms with Crippen molar-refractivity contribution in [3.63, 3.8) is 0 Å². The molecule has 0 radical (unpaired) electrons. The van der Waals surface area contributed by atoms with Gasteiger partial charge in [0.15, 0.2) is 0 Å². The predicted molar refractivity (Wildman–Crippen MR) is 85.8 cm³/mol. The van der Waals surface area contributed by atoms with Crippen molar-refractivity contribution in [2.45, 2.75) is 47.4 Å². The first-order chi connectivity index (χ1) is 9.97. The van der Waals surface area contributed by atoms with Crippen molar-refractivity contribution in [3.8, 4) is 5.75 Å². The third-order valence-corrected chi connectivity index (χ3v) is 4.05. The maximum Gasteiger partial charge on any atom is 0.131 e. The number of halogens is 1. The molecule has 2 N–H and O–H groups in total. The largest absolute Gasteiger partial charge is 0.487 e. The van der Waals surface area contributed by atoms with Gasteiger partial charge in [0.2, 0.25) is 0 Å². The summed E-state index contributed by atoms with van der Waals surface area (Å²) in [4.78, 5) is 0. The summed E-state index contributed by atoms with van der Waals surface area (Å²) in [5.41, 5.74) is 10.7. The average Bonchev–Trinajstić information content (AvgIpc) is 2.73. The topological polar surface area (TPSA) is 53.1 Å². The number of aromatic nitrogens is 2. The highest BCUT2D eigenvalue weighted by Crippen LogP contribution is 2.27. The third kappa shape index (κ3) is 3.22. The maximum absolute atomic E-state index is 6.31. The van der Waals surface area contributed by atoms with Gasteiger partial charge in [-0.25, -0.2) is 0 Å². The molecule has 1 aromatic heterocycles. The minimum Gasteiger partial charge on any atom is -0.487 e. The van der Waals surface area contributed by atoms with Crippen LogP contribution in [0.3, 0.4) is 0 Å². The SMILES string of the molecule is CCn1nc(C)c(Cl)c1COc1c(C)cc(CN)cc1C. The second-order valence-electron chi connectivity index (χ2n) is 5.21. The maximum atomic E-state index is 6.31. The van der Waals surface area contributed by atoms with Gasteiger partial charge in [-0.3, -0.25) is 4.68 Å². The van der Waals surface area contributed by atoms with Crippen molar-refractivity contribution in [2.24, 2.45) is 5.73 Å². The Morgan fingerprint density at radius 3 is 2.38 bits per heavy atom. The molecule has 1 heterocycles. The van der Waals surface area contributed by atoms with Crippen LogP contribution in [0.5, 0.6) is 5.75 Å². The molecule has 0 aliphatic rings. The Kier molecular flexibility index (Phi) is 4.91. The number of hydrogen-bond acceptors (Lipinski definition) is 3. The zero-order chi connectivity index (χ0) is 15.6. The van der Waals surface area contributed by atoms with E-state index in [1.807, 2.05) is 32.4 Å². The van der Waals surface area contributed by atoms with Gasteiger partial charge in [0, 0.05) is 13.1 Å². The molecule has 0 aliphatic carbocycles. The molecular weight excluding hydrogens is 286 g/mol. The molecule has 5 heteroatoms. The van der Waals surface area contributed by atoms with Crippen molar-refractivity contribution < 1.29 is 4.74 Å². The van der Waals surface area contributed by atoms with Crippen molar-refractivity contribution in [1.82, 2.24) is 9.78 Å². The number of hydrogen-bond donors (Lipinski definition) is 1. The van der Waals surface area contributed by atoms with E-state index in [0.717, 1.165) is 40.4 Å². The van der Waals surface area contributed by atoms with E-state index < -0.39 is 0 Å². The number of nitrogens with zero attached hydrogens (tertiary/aromatic N) is 2. The summed E-state index contributed by atoms with van der Waals surface area (Å²) >= 11 is 6.31. The smallest absolute Gasteiger partial charge is 0.131 e. The molecule has 0 atom stereocenters. The Balaban J connectivity index is 2.25. The number of rotatable bonds is 5. The Bertz CT molecular complexity index is 626. The highest BCUT2D eigenvalue weighted by atomic mass is 35.5. The highest BCUT2D eigenvalue weighted by molar-refractivity contribution is 6.31. The van der Waals surface area contributed by atoms with Crippen LogP contribution >= 0.6 is 11.6 Å². The molecular formula is C16H22ClN3O. The van der Waals surface area contributed by atoms with Crippen LogP contribution < -0.4 is 10.5 Å². The molecule has 0 saturated carbocycles. The molecule has 0 aliphatic heterocycles. The Morgan fingerprint density at radius 2 is 1.86 bits per heavy atom. The normalized spacial score (nSPS) is 11.0. The van der Waals surface area contributed by atoms with Crippen LogP contribution in [0.15, 0.2) is 12.1 Å². The van der Waals surface area contributed by atoms with Gasteiger partial charge in [0.25, 0.3) is 0 Å². The molecule has 0 bridgehead atoms. The summed E-state index contributed by atoms with van der Waals surface area (Å²) in [5.74, 6) is 0.893. The van der Waals surface area contributed by atoms with E-state index in [4.69, 9.17) is 22.1 Å². The van der Waals surface area contributed by atoms with Gasteiger partial charge < -0.3 is 10.5 Å². The molecule has 0 fully saturated rings. The lowest BCUT2D eigenvalue weighted by Gasteiger charge is -2.14. The van der Waals surface area contributed by atoms with E-state index in [-0.39, 0.29) is 0 Å². The van der Waals surface area contributed by atoms with E-state index in [0.29, 0.717) is 18.2 Å². The lowest BCUT2D eigenvalue weighted by atomic mass is 10.1. The number of ether oxygens (including phenoxy) is 1. The second-order valence-corrected chi connectivity index (χ2v) is 5.59. The minimum atomic E-state index is 0.414. The van der Waals surface area contributed by atoms with Gasteiger partial charge in [-0.05, 0) is 44.4 Å². The lowest BCUT2D eigenvalue weighted by Crippen LogP contribution is -2.08. The summed E-state index contributed by atoms with van der Waals surface area (Å²) in [6, 6.07) is 4.12. The van der Waals surface area contributed by atoms with E-state index in [2.05, 4.69) is 17.2 Å². The van der Waals surface area contributed by atoms with E-state index in [1.165, 1.54) is 0 Å². The summed E-state index contributed by atoms with van der Waals surface area (Å²) < 4.78 is 7.89. The molecule has 0 saturated heterocycles. The van der Waals surface area contributed by atoms with Gasteiger partial charge in [-0.1, -0.05) is 23.7 Å². The molecule has 0 unspecified atom stereocenters. The summed E-state index contributed by atoms with van der Waals surface area (Å²) in [6.07, 6.45) is 0. The fraction of sp³-hybridized carbons (Fsp3) is 0.438.